The molecule has 1 aliphatic heterocycles. The zero-order valence-electron chi connectivity index (χ0n) is 8.78. The molecule has 0 aromatic carbocycles. The van der Waals surface area contributed by atoms with Crippen molar-refractivity contribution >= 4 is 15.7 Å². The first-order valence-electron chi connectivity index (χ1n) is 4.89. The van der Waals surface area contributed by atoms with E-state index in [0.717, 1.165) is 0 Å². The maximum Gasteiger partial charge on any atom is 0.235 e. The molecule has 0 spiro atoms. The van der Waals surface area contributed by atoms with E-state index in [4.69, 9.17) is 0 Å². The van der Waals surface area contributed by atoms with Crippen molar-refractivity contribution in [2.75, 3.05) is 5.75 Å². The van der Waals surface area contributed by atoms with Crippen LogP contribution in [0.25, 0.3) is 0 Å². The molecule has 0 bridgehead atoms. The maximum absolute atomic E-state index is 11.7. The summed E-state index contributed by atoms with van der Waals surface area (Å²) < 4.78 is 23.5. The Morgan fingerprint density at radius 1 is 1.50 bits per heavy atom. The van der Waals surface area contributed by atoms with Gasteiger partial charge in [-0.25, -0.2) is 8.42 Å². The molecule has 1 fully saturated rings. The lowest BCUT2D eigenvalue weighted by atomic mass is 10.0. The number of carbonyl (C=O) groups is 1. The van der Waals surface area contributed by atoms with Crippen LogP contribution in [0.4, 0.5) is 0 Å². The van der Waals surface area contributed by atoms with Crippen LogP contribution in [-0.4, -0.2) is 31.4 Å². The van der Waals surface area contributed by atoms with E-state index in [-0.39, 0.29) is 23.6 Å². The summed E-state index contributed by atoms with van der Waals surface area (Å²) in [7, 11) is -3.25. The van der Waals surface area contributed by atoms with Gasteiger partial charge in [-0.05, 0) is 12.3 Å². The van der Waals surface area contributed by atoms with Gasteiger partial charge in [0.25, 0.3) is 0 Å². The van der Waals surface area contributed by atoms with Crippen molar-refractivity contribution in [3.8, 4) is 0 Å². The Bertz CT molecular complexity index is 321. The second-order valence-electron chi connectivity index (χ2n) is 4.10. The summed E-state index contributed by atoms with van der Waals surface area (Å²) in [6, 6.07) is -0.221. The van der Waals surface area contributed by atoms with Crippen LogP contribution < -0.4 is 5.32 Å². The fourth-order valence-corrected chi connectivity index (χ4v) is 4.31. The van der Waals surface area contributed by atoms with Crippen molar-refractivity contribution in [1.82, 2.24) is 5.32 Å². The Labute approximate surface area is 85.0 Å². The average Bonchev–Trinajstić information content (AvgIpc) is 1.99. The van der Waals surface area contributed by atoms with E-state index in [1.165, 1.54) is 0 Å². The van der Waals surface area contributed by atoms with Crippen molar-refractivity contribution in [2.45, 2.75) is 38.5 Å². The second-order valence-corrected chi connectivity index (χ2v) is 6.26. The number of hydrogen-bond acceptors (Lipinski definition) is 3. The van der Waals surface area contributed by atoms with E-state index in [0.29, 0.717) is 6.42 Å². The molecule has 2 atom stereocenters. The number of rotatable bonds is 2. The highest BCUT2D eigenvalue weighted by Gasteiger charge is 2.41. The van der Waals surface area contributed by atoms with Crippen molar-refractivity contribution in [1.29, 1.82) is 0 Å². The molecule has 0 aromatic heterocycles. The molecule has 1 N–H and O–H groups in total. The molecule has 0 radical (unpaired) electrons. The summed E-state index contributed by atoms with van der Waals surface area (Å²) >= 11 is 0. The predicted molar refractivity (Wildman–Crippen MR) is 54.6 cm³/mol. The molecule has 5 heteroatoms. The predicted octanol–water partition coefficient (Wildman–Crippen LogP) is 0.334. The highest BCUT2D eigenvalue weighted by atomic mass is 32.2. The first-order valence-corrected chi connectivity index (χ1v) is 6.61. The Hall–Kier alpha value is -0.580. The smallest absolute Gasteiger partial charge is 0.235 e. The molecule has 1 aliphatic rings. The van der Waals surface area contributed by atoms with Crippen LogP contribution in [-0.2, 0) is 14.6 Å². The first-order chi connectivity index (χ1) is 6.38. The van der Waals surface area contributed by atoms with E-state index in [1.807, 2.05) is 20.8 Å². The van der Waals surface area contributed by atoms with Crippen LogP contribution >= 0.6 is 0 Å². The van der Waals surface area contributed by atoms with Crippen LogP contribution in [0.1, 0.15) is 27.2 Å². The van der Waals surface area contributed by atoms with Gasteiger partial charge in [0.2, 0.25) is 5.91 Å². The summed E-state index contributed by atoms with van der Waals surface area (Å²) in [5, 5.41) is 2.31. The fourth-order valence-electron chi connectivity index (χ4n) is 2.07. The number of nitrogens with one attached hydrogen (secondary N) is 1. The molecule has 1 amide bonds. The maximum atomic E-state index is 11.7. The fraction of sp³-hybridized carbons (Fsp3) is 0.889. The van der Waals surface area contributed by atoms with Gasteiger partial charge in [0, 0.05) is 6.04 Å². The van der Waals surface area contributed by atoms with Crippen molar-refractivity contribution in [2.24, 2.45) is 5.92 Å². The number of amides is 1. The SMILES string of the molecule is CCC1NC(=O)CS(=O)(=O)C1C(C)C. The summed E-state index contributed by atoms with van der Waals surface area (Å²) in [5.74, 6) is -0.675. The molecule has 82 valence electrons. The van der Waals surface area contributed by atoms with E-state index < -0.39 is 15.1 Å². The molecule has 0 saturated carbocycles. The lowest BCUT2D eigenvalue weighted by Crippen LogP contribution is -2.56. The van der Waals surface area contributed by atoms with E-state index in [2.05, 4.69) is 5.32 Å². The zero-order chi connectivity index (χ0) is 10.9. The summed E-state index contributed by atoms with van der Waals surface area (Å²) in [6.45, 7) is 5.64. The monoisotopic (exact) mass is 219 g/mol. The largest absolute Gasteiger partial charge is 0.351 e. The molecule has 1 rings (SSSR count). The van der Waals surface area contributed by atoms with Gasteiger partial charge in [-0.15, -0.1) is 0 Å². The van der Waals surface area contributed by atoms with Gasteiger partial charge < -0.3 is 5.32 Å². The molecule has 0 aliphatic carbocycles. The Kier molecular flexibility index (Phi) is 3.19. The van der Waals surface area contributed by atoms with Crippen LogP contribution in [0.3, 0.4) is 0 Å². The van der Waals surface area contributed by atoms with Crippen molar-refractivity contribution in [3.63, 3.8) is 0 Å². The second kappa shape index (κ2) is 3.88. The Morgan fingerprint density at radius 2 is 2.07 bits per heavy atom. The molecule has 1 saturated heterocycles. The summed E-state index contributed by atoms with van der Waals surface area (Å²) in [5.41, 5.74) is 0. The molecular weight excluding hydrogens is 202 g/mol. The zero-order valence-corrected chi connectivity index (χ0v) is 9.60. The van der Waals surface area contributed by atoms with E-state index in [1.54, 1.807) is 0 Å². The van der Waals surface area contributed by atoms with E-state index in [9.17, 15) is 13.2 Å². The van der Waals surface area contributed by atoms with Crippen LogP contribution in [0.5, 0.6) is 0 Å². The van der Waals surface area contributed by atoms with Crippen LogP contribution in [0.2, 0.25) is 0 Å². The minimum atomic E-state index is -3.25. The third kappa shape index (κ3) is 2.08. The lowest BCUT2D eigenvalue weighted by molar-refractivity contribution is -0.119. The Morgan fingerprint density at radius 3 is 2.50 bits per heavy atom. The normalized spacial score (nSPS) is 31.6. The number of sulfone groups is 1. The molecule has 0 aromatic rings. The minimum Gasteiger partial charge on any atom is -0.351 e. The van der Waals surface area contributed by atoms with Crippen molar-refractivity contribution < 1.29 is 13.2 Å². The Balaban J connectivity index is 3.02. The summed E-state index contributed by atoms with van der Waals surface area (Å²) in [4.78, 5) is 11.1. The number of carbonyl (C=O) groups excluding carboxylic acids is 1. The first kappa shape index (κ1) is 11.5. The average molecular weight is 219 g/mol. The van der Waals surface area contributed by atoms with E-state index >= 15 is 0 Å². The topological polar surface area (TPSA) is 63.2 Å². The van der Waals surface area contributed by atoms with Gasteiger partial charge in [0.15, 0.2) is 9.84 Å². The molecule has 2 unspecified atom stereocenters. The lowest BCUT2D eigenvalue weighted by Gasteiger charge is -2.33. The van der Waals surface area contributed by atoms with Gasteiger partial charge in [-0.1, -0.05) is 20.8 Å². The number of hydrogen-bond donors (Lipinski definition) is 1. The standard InChI is InChI=1S/C9H17NO3S/c1-4-7-9(6(2)3)14(12,13)5-8(11)10-7/h6-7,9H,4-5H2,1-3H3,(H,10,11). The van der Waals surface area contributed by atoms with Gasteiger partial charge in [0.05, 0.1) is 5.25 Å². The quantitative estimate of drug-likeness (QED) is 0.728. The molecular formula is C9H17NO3S. The van der Waals surface area contributed by atoms with Gasteiger partial charge >= 0.3 is 0 Å². The minimum absolute atomic E-state index is 0.0468. The van der Waals surface area contributed by atoms with Crippen LogP contribution in [0, 0.1) is 5.92 Å². The van der Waals surface area contributed by atoms with Gasteiger partial charge in [0.1, 0.15) is 5.75 Å². The summed E-state index contributed by atoms with van der Waals surface area (Å²) in [6.07, 6.45) is 0.661. The highest BCUT2D eigenvalue weighted by molar-refractivity contribution is 7.92. The molecule has 4 nitrogen and oxygen atoms in total. The molecule has 14 heavy (non-hydrogen) atoms. The third-order valence-electron chi connectivity index (χ3n) is 2.59. The van der Waals surface area contributed by atoms with Gasteiger partial charge in [-0.2, -0.15) is 0 Å². The highest BCUT2D eigenvalue weighted by Crippen LogP contribution is 2.22. The molecule has 1 heterocycles. The van der Waals surface area contributed by atoms with Gasteiger partial charge in [-0.3, -0.25) is 4.79 Å². The van der Waals surface area contributed by atoms with Crippen LogP contribution in [0.15, 0.2) is 0 Å². The third-order valence-corrected chi connectivity index (χ3v) is 4.95. The van der Waals surface area contributed by atoms with Crippen molar-refractivity contribution in [3.05, 3.63) is 0 Å².